The number of nitrogens with zero attached hydrogens (tertiary/aromatic N) is 2. The van der Waals surface area contributed by atoms with E-state index >= 15 is 0 Å². The van der Waals surface area contributed by atoms with Crippen LogP contribution in [0.15, 0.2) is 30.5 Å². The second-order valence-corrected chi connectivity index (χ2v) is 4.45. The predicted molar refractivity (Wildman–Crippen MR) is 69.4 cm³/mol. The number of hydrogen-bond acceptors (Lipinski definition) is 2. The molecule has 0 saturated carbocycles. The third-order valence-electron chi connectivity index (χ3n) is 2.19. The fraction of sp³-hybridized carbons (Fsp3) is 0. The molecule has 2 rings (SSSR count). The van der Waals surface area contributed by atoms with Crippen LogP contribution in [0.2, 0.25) is 15.1 Å². The molecule has 5 heteroatoms. The Hall–Kier alpha value is -1.27. The number of rotatable bonds is 1. The minimum absolute atomic E-state index is 0.358. The molecule has 2 aromatic rings. The highest BCUT2D eigenvalue weighted by molar-refractivity contribution is 6.46. The fourth-order valence-corrected chi connectivity index (χ4v) is 2.09. The van der Waals surface area contributed by atoms with Crippen LogP contribution >= 0.6 is 34.8 Å². The molecule has 0 aliphatic heterocycles. The van der Waals surface area contributed by atoms with Gasteiger partial charge in [-0.2, -0.15) is 5.26 Å². The van der Waals surface area contributed by atoms with Gasteiger partial charge in [0.25, 0.3) is 0 Å². The second kappa shape index (κ2) is 4.93. The molecule has 0 saturated heterocycles. The average molecular weight is 284 g/mol. The first kappa shape index (κ1) is 12.2. The zero-order valence-electron chi connectivity index (χ0n) is 8.42. The lowest BCUT2D eigenvalue weighted by Crippen LogP contribution is -1.87. The largest absolute Gasteiger partial charge is 0.255 e. The molecule has 0 unspecified atom stereocenters. The van der Waals surface area contributed by atoms with Gasteiger partial charge in [-0.3, -0.25) is 4.98 Å². The highest BCUT2D eigenvalue weighted by Crippen LogP contribution is 2.37. The van der Waals surface area contributed by atoms with E-state index in [9.17, 15) is 0 Å². The number of aromatic nitrogens is 1. The molecule has 0 N–H and O–H groups in total. The summed E-state index contributed by atoms with van der Waals surface area (Å²) in [5.41, 5.74) is 1.63. The van der Waals surface area contributed by atoms with Crippen LogP contribution in [0.5, 0.6) is 0 Å². The smallest absolute Gasteiger partial charge is 0.101 e. The first-order valence-corrected chi connectivity index (χ1v) is 5.77. The SMILES string of the molecule is N#Cc1ccc(-c2c(Cl)ccc(Cl)c2Cl)nc1. The third kappa shape index (κ3) is 2.37. The summed E-state index contributed by atoms with van der Waals surface area (Å²) >= 11 is 18.1. The lowest BCUT2D eigenvalue weighted by molar-refractivity contribution is 1.30. The molecule has 84 valence electrons. The number of pyridine rings is 1. The molecule has 17 heavy (non-hydrogen) atoms. The quantitative estimate of drug-likeness (QED) is 0.718. The van der Waals surface area contributed by atoms with Crippen LogP contribution in [0, 0.1) is 11.3 Å². The van der Waals surface area contributed by atoms with Crippen LogP contribution in [-0.4, -0.2) is 4.98 Å². The van der Waals surface area contributed by atoms with Crippen LogP contribution in [0.3, 0.4) is 0 Å². The topological polar surface area (TPSA) is 36.7 Å². The molecule has 1 aromatic carbocycles. The zero-order valence-corrected chi connectivity index (χ0v) is 10.7. The Balaban J connectivity index is 2.60. The summed E-state index contributed by atoms with van der Waals surface area (Å²) < 4.78 is 0. The van der Waals surface area contributed by atoms with Gasteiger partial charge in [0.15, 0.2) is 0 Å². The van der Waals surface area contributed by atoms with Gasteiger partial charge >= 0.3 is 0 Å². The molecule has 1 heterocycles. The highest BCUT2D eigenvalue weighted by Gasteiger charge is 2.12. The van der Waals surface area contributed by atoms with Crippen LogP contribution < -0.4 is 0 Å². The van der Waals surface area contributed by atoms with E-state index in [-0.39, 0.29) is 0 Å². The molecule has 2 nitrogen and oxygen atoms in total. The lowest BCUT2D eigenvalue weighted by atomic mass is 10.1. The standard InChI is InChI=1S/C12H5Cl3N2/c13-8-2-3-9(14)12(15)11(8)10-4-1-7(5-16)6-17-10/h1-4,6H. The van der Waals surface area contributed by atoms with E-state index in [1.54, 1.807) is 24.3 Å². The maximum atomic E-state index is 8.69. The lowest BCUT2D eigenvalue weighted by Gasteiger charge is -2.07. The Morgan fingerprint density at radius 3 is 2.29 bits per heavy atom. The van der Waals surface area contributed by atoms with Gasteiger partial charge in [0.2, 0.25) is 0 Å². The fourth-order valence-electron chi connectivity index (χ4n) is 1.37. The Morgan fingerprint density at radius 1 is 1.00 bits per heavy atom. The van der Waals surface area contributed by atoms with Crippen LogP contribution in [-0.2, 0) is 0 Å². The van der Waals surface area contributed by atoms with E-state index in [1.165, 1.54) is 6.20 Å². The monoisotopic (exact) mass is 282 g/mol. The molecular formula is C12H5Cl3N2. The molecule has 0 spiro atoms. The molecule has 0 radical (unpaired) electrons. The molecule has 0 fully saturated rings. The van der Waals surface area contributed by atoms with Gasteiger partial charge in [-0.1, -0.05) is 34.8 Å². The first-order valence-electron chi connectivity index (χ1n) is 4.63. The molecule has 0 aliphatic carbocycles. The number of benzene rings is 1. The van der Waals surface area contributed by atoms with Crippen molar-refractivity contribution < 1.29 is 0 Å². The molecule has 1 aromatic heterocycles. The van der Waals surface area contributed by atoms with E-state index in [0.29, 0.717) is 31.9 Å². The highest BCUT2D eigenvalue weighted by atomic mass is 35.5. The summed E-state index contributed by atoms with van der Waals surface area (Å²) in [6, 6.07) is 8.61. The molecule has 0 aliphatic rings. The van der Waals surface area contributed by atoms with Crippen molar-refractivity contribution in [1.82, 2.24) is 4.98 Å². The maximum Gasteiger partial charge on any atom is 0.101 e. The van der Waals surface area contributed by atoms with Gasteiger partial charge in [0.1, 0.15) is 6.07 Å². The van der Waals surface area contributed by atoms with E-state index in [1.807, 2.05) is 6.07 Å². The normalized spacial score (nSPS) is 10.0. The van der Waals surface area contributed by atoms with E-state index in [2.05, 4.69) is 4.98 Å². The van der Waals surface area contributed by atoms with E-state index < -0.39 is 0 Å². The molecule has 0 atom stereocenters. The van der Waals surface area contributed by atoms with E-state index in [0.717, 1.165) is 0 Å². The van der Waals surface area contributed by atoms with Gasteiger partial charge in [-0.25, -0.2) is 0 Å². The number of nitriles is 1. The second-order valence-electron chi connectivity index (χ2n) is 3.26. The summed E-state index contributed by atoms with van der Waals surface area (Å²) in [5.74, 6) is 0. The zero-order chi connectivity index (χ0) is 12.4. The van der Waals surface area contributed by atoms with Gasteiger partial charge in [-0.15, -0.1) is 0 Å². The van der Waals surface area contributed by atoms with Crippen molar-refractivity contribution >= 4 is 34.8 Å². The number of halogens is 3. The summed E-state index contributed by atoms with van der Waals surface area (Å²) in [6.45, 7) is 0. The van der Waals surface area contributed by atoms with Gasteiger partial charge in [0, 0.05) is 11.8 Å². The van der Waals surface area contributed by atoms with Crippen LogP contribution in [0.25, 0.3) is 11.3 Å². The van der Waals surface area contributed by atoms with Crippen molar-refractivity contribution in [2.45, 2.75) is 0 Å². The summed E-state index contributed by atoms with van der Waals surface area (Å²) in [7, 11) is 0. The molecule has 0 amide bonds. The van der Waals surface area contributed by atoms with Gasteiger partial charge < -0.3 is 0 Å². The Kier molecular flexibility index (Phi) is 3.54. The van der Waals surface area contributed by atoms with Crippen LogP contribution in [0.1, 0.15) is 5.56 Å². The summed E-state index contributed by atoms with van der Waals surface area (Å²) in [6.07, 6.45) is 1.46. The van der Waals surface area contributed by atoms with Crippen molar-refractivity contribution in [3.8, 4) is 17.3 Å². The average Bonchev–Trinajstić information content (AvgIpc) is 2.35. The first-order chi connectivity index (χ1) is 8.13. The Labute approximate surface area is 113 Å². The molecular weight excluding hydrogens is 279 g/mol. The van der Waals surface area contributed by atoms with Crippen molar-refractivity contribution in [3.05, 3.63) is 51.1 Å². The summed E-state index contributed by atoms with van der Waals surface area (Å²) in [4.78, 5) is 4.13. The Morgan fingerprint density at radius 2 is 1.71 bits per heavy atom. The van der Waals surface area contributed by atoms with E-state index in [4.69, 9.17) is 40.1 Å². The van der Waals surface area contributed by atoms with Crippen molar-refractivity contribution in [1.29, 1.82) is 5.26 Å². The van der Waals surface area contributed by atoms with Crippen LogP contribution in [0.4, 0.5) is 0 Å². The predicted octanol–water partition coefficient (Wildman–Crippen LogP) is 4.58. The van der Waals surface area contributed by atoms with Gasteiger partial charge in [0.05, 0.1) is 26.3 Å². The number of hydrogen-bond donors (Lipinski definition) is 0. The maximum absolute atomic E-state index is 8.69. The van der Waals surface area contributed by atoms with Gasteiger partial charge in [-0.05, 0) is 24.3 Å². The third-order valence-corrected chi connectivity index (χ3v) is 3.31. The minimum Gasteiger partial charge on any atom is -0.255 e. The minimum atomic E-state index is 0.358. The molecule has 0 bridgehead atoms. The van der Waals surface area contributed by atoms with Crippen molar-refractivity contribution in [2.24, 2.45) is 0 Å². The summed E-state index contributed by atoms with van der Waals surface area (Å²) in [5, 5.41) is 9.93. The van der Waals surface area contributed by atoms with Crippen molar-refractivity contribution in [3.63, 3.8) is 0 Å². The van der Waals surface area contributed by atoms with Crippen molar-refractivity contribution in [2.75, 3.05) is 0 Å². The Bertz CT molecular complexity index is 600.